The summed E-state index contributed by atoms with van der Waals surface area (Å²) in [5.74, 6) is -0.0531. The molecule has 0 saturated heterocycles. The summed E-state index contributed by atoms with van der Waals surface area (Å²) in [5, 5.41) is 4.34. The molecule has 0 aromatic carbocycles. The van der Waals surface area contributed by atoms with Crippen molar-refractivity contribution in [2.75, 3.05) is 7.11 Å². The van der Waals surface area contributed by atoms with E-state index in [1.165, 1.54) is 7.11 Å². The van der Waals surface area contributed by atoms with Crippen LogP contribution in [0.4, 0.5) is 0 Å². The molecule has 88 valence electrons. The van der Waals surface area contributed by atoms with Crippen molar-refractivity contribution < 1.29 is 9.53 Å². The minimum Gasteiger partial charge on any atom is -0.469 e. The Kier molecular flexibility index (Phi) is 3.63. The SMILES string of the molecule is COC(=O)[C@@H]1CCC[C@H](n2ccc(Br)n2)C1. The first-order valence-electron chi connectivity index (χ1n) is 5.49. The van der Waals surface area contributed by atoms with E-state index in [-0.39, 0.29) is 11.9 Å². The van der Waals surface area contributed by atoms with Gasteiger partial charge in [-0.1, -0.05) is 6.42 Å². The summed E-state index contributed by atoms with van der Waals surface area (Å²) < 4.78 is 7.59. The van der Waals surface area contributed by atoms with Gasteiger partial charge in [0.25, 0.3) is 0 Å². The first-order chi connectivity index (χ1) is 7.70. The molecule has 4 nitrogen and oxygen atoms in total. The van der Waals surface area contributed by atoms with Crippen LogP contribution in [0.2, 0.25) is 0 Å². The van der Waals surface area contributed by atoms with Crippen LogP contribution in [0, 0.1) is 5.92 Å². The molecule has 1 heterocycles. The van der Waals surface area contributed by atoms with Crippen molar-refractivity contribution in [3.63, 3.8) is 0 Å². The zero-order valence-electron chi connectivity index (χ0n) is 9.23. The second kappa shape index (κ2) is 4.99. The quantitative estimate of drug-likeness (QED) is 0.785. The van der Waals surface area contributed by atoms with Crippen molar-refractivity contribution in [3.8, 4) is 0 Å². The molecule has 5 heteroatoms. The van der Waals surface area contributed by atoms with Gasteiger partial charge in [-0.05, 0) is 41.3 Å². The van der Waals surface area contributed by atoms with Crippen molar-refractivity contribution >= 4 is 21.9 Å². The first kappa shape index (κ1) is 11.6. The fourth-order valence-electron chi connectivity index (χ4n) is 2.30. The summed E-state index contributed by atoms with van der Waals surface area (Å²) in [7, 11) is 1.45. The van der Waals surface area contributed by atoms with Crippen molar-refractivity contribution in [1.29, 1.82) is 0 Å². The number of esters is 1. The molecule has 1 aliphatic rings. The highest BCUT2D eigenvalue weighted by Crippen LogP contribution is 2.33. The number of carbonyl (C=O) groups is 1. The van der Waals surface area contributed by atoms with E-state index in [0.717, 1.165) is 30.3 Å². The van der Waals surface area contributed by atoms with Gasteiger partial charge in [0, 0.05) is 6.20 Å². The topological polar surface area (TPSA) is 44.1 Å². The predicted octanol–water partition coefficient (Wildman–Crippen LogP) is 2.55. The maximum atomic E-state index is 11.5. The number of nitrogens with zero attached hydrogens (tertiary/aromatic N) is 2. The van der Waals surface area contributed by atoms with Gasteiger partial charge in [0.1, 0.15) is 4.60 Å². The molecule has 0 aliphatic heterocycles. The van der Waals surface area contributed by atoms with Gasteiger partial charge in [0.05, 0.1) is 19.1 Å². The van der Waals surface area contributed by atoms with Crippen molar-refractivity contribution in [1.82, 2.24) is 9.78 Å². The Morgan fingerprint density at radius 3 is 3.06 bits per heavy atom. The Bertz CT molecular complexity index is 378. The van der Waals surface area contributed by atoms with E-state index < -0.39 is 0 Å². The molecule has 0 bridgehead atoms. The van der Waals surface area contributed by atoms with Gasteiger partial charge in [-0.3, -0.25) is 9.48 Å². The maximum absolute atomic E-state index is 11.5. The second-order valence-electron chi connectivity index (χ2n) is 4.16. The molecule has 2 rings (SSSR count). The lowest BCUT2D eigenvalue weighted by Gasteiger charge is -2.27. The van der Waals surface area contributed by atoms with Crippen LogP contribution in [-0.4, -0.2) is 22.9 Å². The molecule has 0 N–H and O–H groups in total. The zero-order chi connectivity index (χ0) is 11.5. The lowest BCUT2D eigenvalue weighted by atomic mass is 9.86. The van der Waals surface area contributed by atoms with Gasteiger partial charge in [-0.25, -0.2) is 0 Å². The van der Waals surface area contributed by atoms with Gasteiger partial charge in [-0.2, -0.15) is 5.10 Å². The van der Waals surface area contributed by atoms with E-state index >= 15 is 0 Å². The minimum absolute atomic E-state index is 0.0340. The smallest absolute Gasteiger partial charge is 0.308 e. The number of halogens is 1. The normalized spacial score (nSPS) is 25.4. The van der Waals surface area contributed by atoms with E-state index in [2.05, 4.69) is 21.0 Å². The third kappa shape index (κ3) is 2.45. The summed E-state index contributed by atoms with van der Waals surface area (Å²) in [5.41, 5.74) is 0. The molecule has 0 amide bonds. The van der Waals surface area contributed by atoms with Crippen LogP contribution in [0.5, 0.6) is 0 Å². The van der Waals surface area contributed by atoms with E-state index in [1.807, 2.05) is 16.9 Å². The maximum Gasteiger partial charge on any atom is 0.308 e. The minimum atomic E-state index is -0.0871. The van der Waals surface area contributed by atoms with Gasteiger partial charge in [-0.15, -0.1) is 0 Å². The van der Waals surface area contributed by atoms with Gasteiger partial charge < -0.3 is 4.74 Å². The number of rotatable bonds is 2. The fraction of sp³-hybridized carbons (Fsp3) is 0.636. The van der Waals surface area contributed by atoms with Crippen LogP contribution in [0.1, 0.15) is 31.7 Å². The number of ether oxygens (including phenoxy) is 1. The van der Waals surface area contributed by atoms with Crippen LogP contribution in [0.25, 0.3) is 0 Å². The van der Waals surface area contributed by atoms with Crippen LogP contribution in [0.3, 0.4) is 0 Å². The van der Waals surface area contributed by atoms with Gasteiger partial charge in [0.15, 0.2) is 0 Å². The van der Waals surface area contributed by atoms with Gasteiger partial charge in [0.2, 0.25) is 0 Å². The first-order valence-corrected chi connectivity index (χ1v) is 6.28. The van der Waals surface area contributed by atoms with Gasteiger partial charge >= 0.3 is 5.97 Å². The Morgan fingerprint density at radius 1 is 1.62 bits per heavy atom. The number of hydrogen-bond acceptors (Lipinski definition) is 3. The summed E-state index contributed by atoms with van der Waals surface area (Å²) in [6.45, 7) is 0. The Hall–Kier alpha value is -0.840. The average molecular weight is 287 g/mol. The van der Waals surface area contributed by atoms with E-state index in [0.29, 0.717) is 6.04 Å². The highest BCUT2D eigenvalue weighted by atomic mass is 79.9. The molecule has 1 aromatic rings. The number of hydrogen-bond donors (Lipinski definition) is 0. The van der Waals surface area contributed by atoms with Crippen molar-refractivity contribution in [2.24, 2.45) is 5.92 Å². The van der Waals surface area contributed by atoms with Crippen molar-refractivity contribution in [3.05, 3.63) is 16.9 Å². The fourth-order valence-corrected chi connectivity index (χ4v) is 2.60. The van der Waals surface area contributed by atoms with E-state index in [4.69, 9.17) is 4.74 Å². The second-order valence-corrected chi connectivity index (χ2v) is 4.97. The molecule has 0 unspecified atom stereocenters. The third-order valence-corrected chi connectivity index (χ3v) is 3.55. The van der Waals surface area contributed by atoms with Crippen LogP contribution >= 0.6 is 15.9 Å². The predicted molar refractivity (Wildman–Crippen MR) is 62.9 cm³/mol. The average Bonchev–Trinajstić information content (AvgIpc) is 2.75. The van der Waals surface area contributed by atoms with Crippen molar-refractivity contribution in [2.45, 2.75) is 31.7 Å². The van der Waals surface area contributed by atoms with E-state index in [9.17, 15) is 4.79 Å². The monoisotopic (exact) mass is 286 g/mol. The Balaban J connectivity index is 2.04. The summed E-state index contributed by atoms with van der Waals surface area (Å²) in [6.07, 6.45) is 5.87. The zero-order valence-corrected chi connectivity index (χ0v) is 10.8. The molecule has 16 heavy (non-hydrogen) atoms. The lowest BCUT2D eigenvalue weighted by Crippen LogP contribution is -2.26. The van der Waals surface area contributed by atoms with E-state index in [1.54, 1.807) is 0 Å². The summed E-state index contributed by atoms with van der Waals surface area (Å²) >= 11 is 3.33. The number of methoxy groups -OCH3 is 1. The number of aromatic nitrogens is 2. The lowest BCUT2D eigenvalue weighted by molar-refractivity contribution is -0.147. The molecule has 2 atom stereocenters. The molecule has 1 saturated carbocycles. The number of carbonyl (C=O) groups excluding carboxylic acids is 1. The molecule has 1 fully saturated rings. The Morgan fingerprint density at radius 2 is 2.44 bits per heavy atom. The Labute approximate surface area is 103 Å². The largest absolute Gasteiger partial charge is 0.469 e. The molecule has 1 aliphatic carbocycles. The molecular formula is C11H15BrN2O2. The van der Waals surface area contributed by atoms with Crippen LogP contribution in [-0.2, 0) is 9.53 Å². The van der Waals surface area contributed by atoms with Crippen LogP contribution in [0.15, 0.2) is 16.9 Å². The highest BCUT2D eigenvalue weighted by Gasteiger charge is 2.29. The molecule has 0 spiro atoms. The molecule has 1 aromatic heterocycles. The summed E-state index contributed by atoms with van der Waals surface area (Å²) in [4.78, 5) is 11.5. The standard InChI is InChI=1S/C11H15BrN2O2/c1-16-11(15)8-3-2-4-9(7-8)14-6-5-10(12)13-14/h5-6,8-9H,2-4,7H2,1H3/t8-,9+/m1/s1. The molecular weight excluding hydrogens is 272 g/mol. The summed E-state index contributed by atoms with van der Waals surface area (Å²) in [6, 6.07) is 2.24. The van der Waals surface area contributed by atoms with Crippen LogP contribution < -0.4 is 0 Å². The highest BCUT2D eigenvalue weighted by molar-refractivity contribution is 9.10. The third-order valence-electron chi connectivity index (χ3n) is 3.13. The molecule has 0 radical (unpaired) electrons.